The number of halogens is 1. The number of nitrogens with one attached hydrogen (secondary N) is 1. The van der Waals surface area contributed by atoms with Crippen LogP contribution in [0.1, 0.15) is 24.8 Å². The molecule has 2 unspecified atom stereocenters. The number of hydrogen-bond donors (Lipinski definition) is 1. The van der Waals surface area contributed by atoms with Crippen molar-refractivity contribution in [3.8, 4) is 0 Å². The van der Waals surface area contributed by atoms with E-state index in [1.807, 2.05) is 6.07 Å². The Hall–Kier alpha value is -2.16. The molecule has 1 N–H and O–H groups in total. The molecular formula is C16H19BrN4O4. The highest BCUT2D eigenvalue weighted by Gasteiger charge is 2.35. The van der Waals surface area contributed by atoms with Crippen LogP contribution in [0.3, 0.4) is 0 Å². The lowest BCUT2D eigenvalue weighted by Crippen LogP contribution is -2.47. The molecule has 1 aromatic heterocycles. The summed E-state index contributed by atoms with van der Waals surface area (Å²) < 4.78 is 6.03. The van der Waals surface area contributed by atoms with Crippen LogP contribution >= 0.6 is 15.9 Å². The van der Waals surface area contributed by atoms with Gasteiger partial charge in [-0.2, -0.15) is 0 Å². The van der Waals surface area contributed by atoms with Gasteiger partial charge in [0.25, 0.3) is 0 Å². The van der Waals surface area contributed by atoms with Gasteiger partial charge in [-0.3, -0.25) is 14.7 Å². The van der Waals surface area contributed by atoms with Crippen molar-refractivity contribution < 1.29 is 19.2 Å². The number of ether oxygens (including phenoxy) is 1. The molecule has 1 aromatic rings. The van der Waals surface area contributed by atoms with Gasteiger partial charge >= 0.3 is 6.09 Å². The average Bonchev–Trinajstić information content (AvgIpc) is 3.27. The van der Waals surface area contributed by atoms with Crippen molar-refractivity contribution in [1.82, 2.24) is 15.2 Å². The van der Waals surface area contributed by atoms with Gasteiger partial charge in [0.05, 0.1) is 6.54 Å². The van der Waals surface area contributed by atoms with Gasteiger partial charge in [0, 0.05) is 30.9 Å². The summed E-state index contributed by atoms with van der Waals surface area (Å²) in [4.78, 5) is 35.3. The molecule has 2 amide bonds. The number of amides is 2. The van der Waals surface area contributed by atoms with E-state index in [1.54, 1.807) is 18.5 Å². The van der Waals surface area contributed by atoms with E-state index < -0.39 is 12.1 Å². The molecule has 1 fully saturated rings. The largest absolute Gasteiger partial charge is 0.444 e. The van der Waals surface area contributed by atoms with Crippen molar-refractivity contribution in [2.24, 2.45) is 5.16 Å². The molecule has 2 aliphatic rings. The second-order valence-corrected chi connectivity index (χ2v) is 6.83. The van der Waals surface area contributed by atoms with Crippen molar-refractivity contribution in [3.63, 3.8) is 0 Å². The lowest BCUT2D eigenvalue weighted by atomic mass is 10.2. The highest BCUT2D eigenvalue weighted by Crippen LogP contribution is 2.19. The van der Waals surface area contributed by atoms with Crippen LogP contribution < -0.4 is 5.32 Å². The highest BCUT2D eigenvalue weighted by atomic mass is 79.9. The van der Waals surface area contributed by atoms with Crippen LogP contribution in [0.5, 0.6) is 0 Å². The topological polar surface area (TPSA) is 93.1 Å². The summed E-state index contributed by atoms with van der Waals surface area (Å²) >= 11 is 3.26. The third kappa shape index (κ3) is 4.68. The number of oxime groups is 1. The maximum atomic E-state index is 12.4. The summed E-state index contributed by atoms with van der Waals surface area (Å²) in [6.45, 7) is 1.00. The van der Waals surface area contributed by atoms with Gasteiger partial charge in [0.15, 0.2) is 6.10 Å². The Morgan fingerprint density at radius 3 is 3.08 bits per heavy atom. The zero-order valence-corrected chi connectivity index (χ0v) is 15.1. The standard InChI is InChI=1S/C16H19BrN4O4/c17-14-7-12(25-20-14)9-19-15(22)13-4-2-6-21(13)16(23)24-10-11-3-1-5-18-8-11/h1,3,5,8,12-13H,2,4,6-7,9-10H2,(H,19,22). The molecule has 0 spiro atoms. The Kier molecular flexibility index (Phi) is 5.85. The highest BCUT2D eigenvalue weighted by molar-refractivity contribution is 9.18. The Morgan fingerprint density at radius 1 is 1.48 bits per heavy atom. The number of carbonyl (C=O) groups is 2. The lowest BCUT2D eigenvalue weighted by molar-refractivity contribution is -0.125. The molecule has 8 nitrogen and oxygen atoms in total. The maximum absolute atomic E-state index is 12.4. The summed E-state index contributed by atoms with van der Waals surface area (Å²) in [5.41, 5.74) is 0.806. The molecule has 0 radical (unpaired) electrons. The fourth-order valence-corrected chi connectivity index (χ4v) is 3.25. The molecule has 3 heterocycles. The minimum absolute atomic E-state index is 0.138. The molecule has 0 saturated carbocycles. The minimum atomic E-state index is -0.507. The van der Waals surface area contributed by atoms with Crippen molar-refractivity contribution >= 4 is 32.6 Å². The lowest BCUT2D eigenvalue weighted by Gasteiger charge is -2.23. The monoisotopic (exact) mass is 410 g/mol. The molecule has 0 bridgehead atoms. The normalized spacial score (nSPS) is 22.3. The zero-order chi connectivity index (χ0) is 17.6. The summed E-state index contributed by atoms with van der Waals surface area (Å²) in [5, 5.41) is 6.61. The van der Waals surface area contributed by atoms with E-state index in [1.165, 1.54) is 4.90 Å². The van der Waals surface area contributed by atoms with Gasteiger partial charge in [-0.05, 0) is 34.8 Å². The van der Waals surface area contributed by atoms with Crippen molar-refractivity contribution in [3.05, 3.63) is 30.1 Å². The number of pyridine rings is 1. The van der Waals surface area contributed by atoms with Gasteiger partial charge in [0.2, 0.25) is 5.91 Å². The smallest absolute Gasteiger partial charge is 0.410 e. The van der Waals surface area contributed by atoms with Crippen molar-refractivity contribution in [2.75, 3.05) is 13.1 Å². The summed E-state index contributed by atoms with van der Waals surface area (Å²) in [6.07, 6.45) is 4.67. The Balaban J connectivity index is 1.47. The molecule has 25 heavy (non-hydrogen) atoms. The van der Waals surface area contributed by atoms with Gasteiger partial charge in [-0.1, -0.05) is 11.2 Å². The first-order valence-electron chi connectivity index (χ1n) is 8.11. The van der Waals surface area contributed by atoms with E-state index >= 15 is 0 Å². The second-order valence-electron chi connectivity index (χ2n) is 5.91. The van der Waals surface area contributed by atoms with E-state index in [0.29, 0.717) is 25.9 Å². The SMILES string of the molecule is O=C(NCC1CC(Br)=NO1)C1CCCN1C(=O)OCc1cccnc1. The molecule has 9 heteroatoms. The fraction of sp³-hybridized carbons (Fsp3) is 0.500. The van der Waals surface area contributed by atoms with Gasteiger partial charge in [-0.15, -0.1) is 0 Å². The fourth-order valence-electron chi connectivity index (χ4n) is 2.81. The van der Waals surface area contributed by atoms with Gasteiger partial charge < -0.3 is 14.9 Å². The van der Waals surface area contributed by atoms with E-state index in [4.69, 9.17) is 9.57 Å². The van der Waals surface area contributed by atoms with Crippen LogP contribution in [0, 0.1) is 0 Å². The molecule has 2 aliphatic heterocycles. The molecule has 2 atom stereocenters. The van der Waals surface area contributed by atoms with Crippen LogP contribution in [0.25, 0.3) is 0 Å². The quantitative estimate of drug-likeness (QED) is 0.798. The molecule has 0 aliphatic carbocycles. The predicted molar refractivity (Wildman–Crippen MR) is 93.0 cm³/mol. The average molecular weight is 411 g/mol. The third-order valence-corrected chi connectivity index (χ3v) is 4.54. The predicted octanol–water partition coefficient (Wildman–Crippen LogP) is 1.80. The maximum Gasteiger partial charge on any atom is 0.410 e. The third-order valence-electron chi connectivity index (χ3n) is 4.08. The summed E-state index contributed by atoms with van der Waals surface area (Å²) in [5.74, 6) is -0.192. The van der Waals surface area contributed by atoms with E-state index in [9.17, 15) is 9.59 Å². The zero-order valence-electron chi connectivity index (χ0n) is 13.6. The number of carbonyl (C=O) groups excluding carboxylic acids is 2. The second kappa shape index (κ2) is 8.28. The van der Waals surface area contributed by atoms with Gasteiger partial charge in [0.1, 0.15) is 17.3 Å². The van der Waals surface area contributed by atoms with Crippen LogP contribution in [0.2, 0.25) is 0 Å². The number of nitrogens with zero attached hydrogens (tertiary/aromatic N) is 3. The van der Waals surface area contributed by atoms with Crippen molar-refractivity contribution in [1.29, 1.82) is 0 Å². The molecule has 134 valence electrons. The number of aromatic nitrogens is 1. The van der Waals surface area contributed by atoms with Crippen LogP contribution in [0.4, 0.5) is 4.79 Å². The molecule has 0 aromatic carbocycles. The number of hydrogen-bond acceptors (Lipinski definition) is 6. The first-order chi connectivity index (χ1) is 12.1. The first-order valence-corrected chi connectivity index (χ1v) is 8.91. The summed E-state index contributed by atoms with van der Waals surface area (Å²) in [7, 11) is 0. The first kappa shape index (κ1) is 17.7. The van der Waals surface area contributed by atoms with Crippen LogP contribution in [0.15, 0.2) is 29.7 Å². The Labute approximate surface area is 153 Å². The Morgan fingerprint density at radius 2 is 2.36 bits per heavy atom. The van der Waals surface area contributed by atoms with Gasteiger partial charge in [-0.25, -0.2) is 4.79 Å². The number of likely N-dealkylation sites (tertiary alicyclic amines) is 1. The van der Waals surface area contributed by atoms with Crippen LogP contribution in [-0.4, -0.2) is 51.7 Å². The van der Waals surface area contributed by atoms with Crippen molar-refractivity contribution in [2.45, 2.75) is 38.0 Å². The summed E-state index contributed by atoms with van der Waals surface area (Å²) in [6, 6.07) is 3.10. The van der Waals surface area contributed by atoms with Crippen LogP contribution in [-0.2, 0) is 21.0 Å². The number of rotatable bonds is 5. The van der Waals surface area contributed by atoms with E-state index in [0.717, 1.165) is 16.6 Å². The molecule has 3 rings (SSSR count). The molecular weight excluding hydrogens is 392 g/mol. The Bertz CT molecular complexity index is 655. The van der Waals surface area contributed by atoms with E-state index in [-0.39, 0.29) is 18.6 Å². The van der Waals surface area contributed by atoms with E-state index in [2.05, 4.69) is 31.4 Å². The molecule has 1 saturated heterocycles. The minimum Gasteiger partial charge on any atom is -0.444 e.